The van der Waals surface area contributed by atoms with E-state index < -0.39 is 22.2 Å². The second-order valence-electron chi connectivity index (χ2n) is 6.18. The molecule has 1 aliphatic rings. The van der Waals surface area contributed by atoms with Crippen molar-refractivity contribution in [1.82, 2.24) is 19.4 Å². The largest absolute Gasteiger partial charge is 0.375 e. The molecular formula is C17H18N4O4S. The molecule has 8 nitrogen and oxygen atoms in total. The summed E-state index contributed by atoms with van der Waals surface area (Å²) in [6.07, 6.45) is 0.972. The Morgan fingerprint density at radius 2 is 2.08 bits per heavy atom. The van der Waals surface area contributed by atoms with Gasteiger partial charge in [-0.25, -0.2) is 8.42 Å². The molecular weight excluding hydrogens is 356 g/mol. The zero-order valence-corrected chi connectivity index (χ0v) is 15.2. The van der Waals surface area contributed by atoms with Crippen LogP contribution in [0.5, 0.6) is 0 Å². The van der Waals surface area contributed by atoms with Gasteiger partial charge in [0.25, 0.3) is 0 Å². The minimum absolute atomic E-state index is 0.131. The van der Waals surface area contributed by atoms with Crippen LogP contribution in [0.3, 0.4) is 0 Å². The summed E-state index contributed by atoms with van der Waals surface area (Å²) < 4.78 is 38.9. The Labute approximate surface area is 150 Å². The average Bonchev–Trinajstić information content (AvgIpc) is 3.07. The minimum atomic E-state index is -3.81. The molecule has 0 bridgehead atoms. The standard InChI is InChI=1S/C17H18N4O4S/c1-11-16(17-19-12(2)20-25-17)21(7-8-24-11)26(22,23)14-9-13-5-3-4-6-15(13)18-10-14/h3-6,9-11,16H,7-8H2,1-2H3/t11-,16+/m1/s1. The molecule has 4 rings (SSSR count). The fraction of sp³-hybridized carbons (Fsp3) is 0.353. The number of hydrogen-bond donors (Lipinski definition) is 0. The van der Waals surface area contributed by atoms with E-state index in [0.29, 0.717) is 12.4 Å². The van der Waals surface area contributed by atoms with Gasteiger partial charge in [-0.1, -0.05) is 23.4 Å². The predicted octanol–water partition coefficient (Wildman–Crippen LogP) is 2.08. The number of nitrogens with zero attached hydrogens (tertiary/aromatic N) is 4. The monoisotopic (exact) mass is 374 g/mol. The van der Waals surface area contributed by atoms with E-state index >= 15 is 0 Å². The zero-order valence-electron chi connectivity index (χ0n) is 14.4. The lowest BCUT2D eigenvalue weighted by Crippen LogP contribution is -2.47. The van der Waals surface area contributed by atoms with Gasteiger partial charge in [0.1, 0.15) is 10.9 Å². The summed E-state index contributed by atoms with van der Waals surface area (Å²) in [5.41, 5.74) is 0.742. The van der Waals surface area contributed by atoms with Crippen LogP contribution in [0.2, 0.25) is 0 Å². The maximum atomic E-state index is 13.3. The van der Waals surface area contributed by atoms with Crippen molar-refractivity contribution in [3.05, 3.63) is 48.2 Å². The smallest absolute Gasteiger partial charge is 0.247 e. The number of fused-ring (bicyclic) bond motifs is 1. The highest BCUT2D eigenvalue weighted by Gasteiger charge is 2.42. The Balaban J connectivity index is 1.78. The molecule has 1 fully saturated rings. The van der Waals surface area contributed by atoms with Gasteiger partial charge in [-0.05, 0) is 26.0 Å². The first-order valence-electron chi connectivity index (χ1n) is 8.25. The second kappa shape index (κ2) is 6.42. The molecule has 2 aromatic heterocycles. The molecule has 26 heavy (non-hydrogen) atoms. The first kappa shape index (κ1) is 17.1. The number of aryl methyl sites for hydroxylation is 1. The first-order chi connectivity index (χ1) is 12.5. The van der Waals surface area contributed by atoms with Gasteiger partial charge in [0.15, 0.2) is 5.82 Å². The fourth-order valence-corrected chi connectivity index (χ4v) is 4.76. The molecule has 0 spiro atoms. The third kappa shape index (κ3) is 2.87. The van der Waals surface area contributed by atoms with E-state index in [-0.39, 0.29) is 17.3 Å². The van der Waals surface area contributed by atoms with E-state index in [1.807, 2.05) is 24.3 Å². The summed E-state index contributed by atoms with van der Waals surface area (Å²) in [5.74, 6) is 0.675. The minimum Gasteiger partial charge on any atom is -0.375 e. The van der Waals surface area contributed by atoms with Crippen molar-refractivity contribution in [3.63, 3.8) is 0 Å². The molecule has 1 saturated heterocycles. The Kier molecular flexibility index (Phi) is 4.22. The average molecular weight is 374 g/mol. The van der Waals surface area contributed by atoms with Gasteiger partial charge in [-0.15, -0.1) is 0 Å². The van der Waals surface area contributed by atoms with Gasteiger partial charge in [0.05, 0.1) is 18.2 Å². The molecule has 1 aromatic carbocycles. The lowest BCUT2D eigenvalue weighted by atomic mass is 10.1. The maximum absolute atomic E-state index is 13.3. The highest BCUT2D eigenvalue weighted by atomic mass is 32.2. The number of pyridine rings is 1. The zero-order chi connectivity index (χ0) is 18.3. The maximum Gasteiger partial charge on any atom is 0.247 e. The summed E-state index contributed by atoms with van der Waals surface area (Å²) in [7, 11) is -3.81. The molecule has 0 radical (unpaired) electrons. The predicted molar refractivity (Wildman–Crippen MR) is 92.8 cm³/mol. The van der Waals surface area contributed by atoms with Crippen molar-refractivity contribution in [2.75, 3.05) is 13.2 Å². The van der Waals surface area contributed by atoms with Crippen molar-refractivity contribution >= 4 is 20.9 Å². The van der Waals surface area contributed by atoms with E-state index in [1.54, 1.807) is 19.9 Å². The highest BCUT2D eigenvalue weighted by Crippen LogP contribution is 2.33. The quantitative estimate of drug-likeness (QED) is 0.692. The van der Waals surface area contributed by atoms with E-state index in [4.69, 9.17) is 9.26 Å². The summed E-state index contributed by atoms with van der Waals surface area (Å²) in [5, 5.41) is 4.54. The molecule has 9 heteroatoms. The first-order valence-corrected chi connectivity index (χ1v) is 9.69. The Morgan fingerprint density at radius 3 is 2.85 bits per heavy atom. The van der Waals surface area contributed by atoms with Crippen LogP contribution in [0, 0.1) is 6.92 Å². The molecule has 3 aromatic rings. The molecule has 3 heterocycles. The topological polar surface area (TPSA) is 98.4 Å². The summed E-state index contributed by atoms with van der Waals surface area (Å²) >= 11 is 0. The SMILES string of the molecule is Cc1noc([C@@H]2[C@@H](C)OCCN2S(=O)(=O)c2cnc3ccccc3c2)n1. The van der Waals surface area contributed by atoms with Gasteiger partial charge in [-0.2, -0.15) is 9.29 Å². The van der Waals surface area contributed by atoms with Crippen molar-refractivity contribution in [3.8, 4) is 0 Å². The Bertz CT molecular complexity index is 1050. The van der Waals surface area contributed by atoms with Gasteiger partial charge in [-0.3, -0.25) is 4.98 Å². The van der Waals surface area contributed by atoms with Gasteiger partial charge < -0.3 is 9.26 Å². The van der Waals surface area contributed by atoms with Crippen LogP contribution in [0.4, 0.5) is 0 Å². The molecule has 0 unspecified atom stereocenters. The van der Waals surface area contributed by atoms with Crippen LogP contribution in [0.15, 0.2) is 45.9 Å². The second-order valence-corrected chi connectivity index (χ2v) is 8.07. The Hall–Kier alpha value is -2.36. The third-order valence-electron chi connectivity index (χ3n) is 4.42. The van der Waals surface area contributed by atoms with Crippen LogP contribution in [-0.2, 0) is 14.8 Å². The highest BCUT2D eigenvalue weighted by molar-refractivity contribution is 7.89. The van der Waals surface area contributed by atoms with Crippen molar-refractivity contribution in [2.24, 2.45) is 0 Å². The molecule has 0 amide bonds. The lowest BCUT2D eigenvalue weighted by molar-refractivity contribution is -0.0401. The van der Waals surface area contributed by atoms with Crippen LogP contribution >= 0.6 is 0 Å². The molecule has 0 N–H and O–H groups in total. The van der Waals surface area contributed by atoms with Crippen LogP contribution < -0.4 is 0 Å². The van der Waals surface area contributed by atoms with E-state index in [2.05, 4.69) is 15.1 Å². The Morgan fingerprint density at radius 1 is 1.27 bits per heavy atom. The van der Waals surface area contributed by atoms with Crippen LogP contribution in [0.1, 0.15) is 24.7 Å². The third-order valence-corrected chi connectivity index (χ3v) is 6.26. The normalized spacial score (nSPS) is 21.9. The number of ether oxygens (including phenoxy) is 1. The summed E-state index contributed by atoms with van der Waals surface area (Å²) in [4.78, 5) is 8.62. The van der Waals surface area contributed by atoms with Gasteiger partial charge in [0, 0.05) is 18.1 Å². The molecule has 0 saturated carbocycles. The number of rotatable bonds is 3. The molecule has 136 valence electrons. The lowest BCUT2D eigenvalue weighted by Gasteiger charge is -2.36. The van der Waals surface area contributed by atoms with Crippen molar-refractivity contribution < 1.29 is 17.7 Å². The number of para-hydroxylation sites is 1. The van der Waals surface area contributed by atoms with E-state index in [0.717, 1.165) is 10.9 Å². The molecule has 1 aliphatic heterocycles. The number of morpholine rings is 1. The molecule has 0 aliphatic carbocycles. The van der Waals surface area contributed by atoms with Gasteiger partial charge in [0.2, 0.25) is 15.9 Å². The number of sulfonamides is 1. The van der Waals surface area contributed by atoms with Crippen LogP contribution in [0.25, 0.3) is 10.9 Å². The number of benzene rings is 1. The van der Waals surface area contributed by atoms with Crippen molar-refractivity contribution in [1.29, 1.82) is 0 Å². The van der Waals surface area contributed by atoms with Gasteiger partial charge >= 0.3 is 0 Å². The fourth-order valence-electron chi connectivity index (χ4n) is 3.15. The number of hydrogen-bond acceptors (Lipinski definition) is 7. The number of aromatic nitrogens is 3. The summed E-state index contributed by atoms with van der Waals surface area (Å²) in [6, 6.07) is 8.34. The van der Waals surface area contributed by atoms with Crippen molar-refractivity contribution in [2.45, 2.75) is 30.9 Å². The van der Waals surface area contributed by atoms with E-state index in [1.165, 1.54) is 10.5 Å². The van der Waals surface area contributed by atoms with E-state index in [9.17, 15) is 8.42 Å². The summed E-state index contributed by atoms with van der Waals surface area (Å²) in [6.45, 7) is 3.98. The molecule has 2 atom stereocenters. The van der Waals surface area contributed by atoms with Crippen LogP contribution in [-0.4, -0.2) is 47.1 Å².